The number of esters is 1. The predicted octanol–water partition coefficient (Wildman–Crippen LogP) is 2.76. The second-order valence-electron chi connectivity index (χ2n) is 4.48. The summed E-state index contributed by atoms with van der Waals surface area (Å²) in [6.45, 7) is 3.62. The molecule has 0 unspecified atom stereocenters. The molecule has 104 valence electrons. The molecular formula is C15H20O4. The van der Waals surface area contributed by atoms with E-state index in [2.05, 4.69) is 0 Å². The molecule has 0 heterocycles. The Morgan fingerprint density at radius 2 is 1.84 bits per heavy atom. The summed E-state index contributed by atoms with van der Waals surface area (Å²) in [5.74, 6) is 0.556. The quantitative estimate of drug-likeness (QED) is 0.677. The van der Waals surface area contributed by atoms with Crippen molar-refractivity contribution in [1.82, 2.24) is 0 Å². The summed E-state index contributed by atoms with van der Waals surface area (Å²) >= 11 is 0. The van der Waals surface area contributed by atoms with Gasteiger partial charge in [-0.1, -0.05) is 18.2 Å². The maximum absolute atomic E-state index is 11.5. The topological polar surface area (TPSA) is 52.6 Å². The van der Waals surface area contributed by atoms with Gasteiger partial charge in [0.15, 0.2) is 0 Å². The summed E-state index contributed by atoms with van der Waals surface area (Å²) in [5.41, 5.74) is 0. The molecule has 19 heavy (non-hydrogen) atoms. The van der Waals surface area contributed by atoms with Gasteiger partial charge in [0, 0.05) is 12.8 Å². The minimum absolute atomic E-state index is 0.0910. The van der Waals surface area contributed by atoms with Crippen LogP contribution >= 0.6 is 0 Å². The van der Waals surface area contributed by atoms with Crippen molar-refractivity contribution in [2.75, 3.05) is 6.61 Å². The van der Waals surface area contributed by atoms with E-state index < -0.39 is 0 Å². The van der Waals surface area contributed by atoms with Gasteiger partial charge in [-0.3, -0.25) is 4.79 Å². The largest absolute Gasteiger partial charge is 0.490 e. The van der Waals surface area contributed by atoms with Crippen LogP contribution in [0.1, 0.15) is 33.1 Å². The zero-order valence-electron chi connectivity index (χ0n) is 11.4. The van der Waals surface area contributed by atoms with Crippen molar-refractivity contribution in [3.63, 3.8) is 0 Å². The van der Waals surface area contributed by atoms with Crippen LogP contribution in [0.15, 0.2) is 30.3 Å². The van der Waals surface area contributed by atoms with Crippen LogP contribution in [-0.2, 0) is 14.3 Å². The van der Waals surface area contributed by atoms with Crippen molar-refractivity contribution in [3.05, 3.63) is 30.3 Å². The summed E-state index contributed by atoms with van der Waals surface area (Å²) in [4.78, 5) is 22.2. The third kappa shape index (κ3) is 7.24. The fraction of sp³-hybridized carbons (Fsp3) is 0.467. The first-order valence-corrected chi connectivity index (χ1v) is 6.44. The van der Waals surface area contributed by atoms with E-state index in [4.69, 9.17) is 9.47 Å². The summed E-state index contributed by atoms with van der Waals surface area (Å²) in [7, 11) is 0. The first-order chi connectivity index (χ1) is 9.08. The summed E-state index contributed by atoms with van der Waals surface area (Å²) in [6.07, 6.45) is 0.935. The highest BCUT2D eigenvalue weighted by Gasteiger charge is 2.10. The van der Waals surface area contributed by atoms with Crippen molar-refractivity contribution in [1.29, 1.82) is 0 Å². The number of para-hydroxylation sites is 1. The highest BCUT2D eigenvalue weighted by atomic mass is 16.6. The minimum atomic E-state index is -0.301. The Bertz CT molecular complexity index is 400. The summed E-state index contributed by atoms with van der Waals surface area (Å²) < 4.78 is 10.7. The van der Waals surface area contributed by atoms with Crippen molar-refractivity contribution in [3.8, 4) is 5.75 Å². The van der Waals surface area contributed by atoms with Gasteiger partial charge >= 0.3 is 5.97 Å². The predicted molar refractivity (Wildman–Crippen MR) is 72.0 cm³/mol. The SMILES string of the molecule is CC(=O)CCCC(=O)O[C@H](C)COc1ccccc1. The van der Waals surface area contributed by atoms with Gasteiger partial charge in [0.25, 0.3) is 0 Å². The number of hydrogen-bond donors (Lipinski definition) is 0. The van der Waals surface area contributed by atoms with E-state index in [1.807, 2.05) is 30.3 Å². The molecule has 0 fully saturated rings. The number of hydrogen-bond acceptors (Lipinski definition) is 4. The van der Waals surface area contributed by atoms with E-state index in [0.717, 1.165) is 5.75 Å². The molecule has 0 aliphatic carbocycles. The molecule has 4 nitrogen and oxygen atoms in total. The first kappa shape index (κ1) is 15.2. The van der Waals surface area contributed by atoms with Crippen molar-refractivity contribution < 1.29 is 19.1 Å². The summed E-state index contributed by atoms with van der Waals surface area (Å²) in [6, 6.07) is 9.37. The Kier molecular flexibility index (Phi) is 6.64. The lowest BCUT2D eigenvalue weighted by atomic mass is 10.2. The smallest absolute Gasteiger partial charge is 0.306 e. The van der Waals surface area contributed by atoms with Crippen LogP contribution in [0.3, 0.4) is 0 Å². The standard InChI is InChI=1S/C15H20O4/c1-12(16)7-6-10-15(17)19-13(2)11-18-14-8-4-3-5-9-14/h3-5,8-9,13H,6-7,10-11H2,1-2H3/t13-/m1/s1. The maximum Gasteiger partial charge on any atom is 0.306 e. The van der Waals surface area contributed by atoms with E-state index >= 15 is 0 Å². The third-order valence-corrected chi connectivity index (χ3v) is 2.47. The Balaban J connectivity index is 2.18. The molecule has 0 aliphatic rings. The van der Waals surface area contributed by atoms with Gasteiger partial charge < -0.3 is 14.3 Å². The van der Waals surface area contributed by atoms with Gasteiger partial charge in [0.05, 0.1) is 0 Å². The number of rotatable bonds is 8. The lowest BCUT2D eigenvalue weighted by Gasteiger charge is -2.14. The Morgan fingerprint density at radius 1 is 1.16 bits per heavy atom. The second-order valence-corrected chi connectivity index (χ2v) is 4.48. The number of ketones is 1. The molecule has 0 N–H and O–H groups in total. The molecule has 0 radical (unpaired) electrons. The van der Waals surface area contributed by atoms with E-state index in [1.54, 1.807) is 6.92 Å². The fourth-order valence-electron chi connectivity index (χ4n) is 1.53. The van der Waals surface area contributed by atoms with Gasteiger partial charge in [-0.05, 0) is 32.4 Å². The van der Waals surface area contributed by atoms with E-state index in [0.29, 0.717) is 19.4 Å². The molecule has 0 aliphatic heterocycles. The van der Waals surface area contributed by atoms with Crippen LogP contribution in [0, 0.1) is 0 Å². The summed E-state index contributed by atoms with van der Waals surface area (Å²) in [5, 5.41) is 0. The molecule has 1 aromatic carbocycles. The maximum atomic E-state index is 11.5. The monoisotopic (exact) mass is 264 g/mol. The van der Waals surface area contributed by atoms with Crippen LogP contribution in [0.2, 0.25) is 0 Å². The van der Waals surface area contributed by atoms with Crippen LogP contribution < -0.4 is 4.74 Å². The molecule has 1 rings (SSSR count). The van der Waals surface area contributed by atoms with Crippen molar-refractivity contribution in [2.45, 2.75) is 39.2 Å². The Labute approximate surface area is 113 Å². The molecule has 0 aromatic heterocycles. The normalized spacial score (nSPS) is 11.7. The second kappa shape index (κ2) is 8.29. The van der Waals surface area contributed by atoms with Gasteiger partial charge in [0.2, 0.25) is 0 Å². The molecular weight excluding hydrogens is 244 g/mol. The lowest BCUT2D eigenvalue weighted by molar-refractivity contribution is -0.149. The van der Waals surface area contributed by atoms with Crippen LogP contribution in [0.5, 0.6) is 5.75 Å². The highest BCUT2D eigenvalue weighted by Crippen LogP contribution is 2.09. The van der Waals surface area contributed by atoms with E-state index in [1.165, 1.54) is 6.92 Å². The van der Waals surface area contributed by atoms with Gasteiger partial charge in [0.1, 0.15) is 24.2 Å². The molecule has 0 bridgehead atoms. The lowest BCUT2D eigenvalue weighted by Crippen LogP contribution is -2.21. The number of carbonyl (C=O) groups excluding carboxylic acids is 2. The zero-order chi connectivity index (χ0) is 14.1. The molecule has 1 aromatic rings. The molecule has 0 saturated carbocycles. The molecule has 4 heteroatoms. The zero-order valence-corrected chi connectivity index (χ0v) is 11.4. The fourth-order valence-corrected chi connectivity index (χ4v) is 1.53. The molecule has 1 atom stereocenters. The van der Waals surface area contributed by atoms with Gasteiger partial charge in [-0.15, -0.1) is 0 Å². The minimum Gasteiger partial charge on any atom is -0.490 e. The van der Waals surface area contributed by atoms with Crippen LogP contribution in [0.25, 0.3) is 0 Å². The van der Waals surface area contributed by atoms with E-state index in [-0.39, 0.29) is 24.3 Å². The van der Waals surface area contributed by atoms with Crippen LogP contribution in [0.4, 0.5) is 0 Å². The van der Waals surface area contributed by atoms with Crippen LogP contribution in [-0.4, -0.2) is 24.5 Å². The number of Topliss-reactive ketones (excluding diaryl/α,β-unsaturated/α-hetero) is 1. The Hall–Kier alpha value is -1.84. The van der Waals surface area contributed by atoms with Gasteiger partial charge in [-0.2, -0.15) is 0 Å². The molecule has 0 spiro atoms. The average molecular weight is 264 g/mol. The average Bonchev–Trinajstić information content (AvgIpc) is 2.37. The number of ether oxygens (including phenoxy) is 2. The van der Waals surface area contributed by atoms with Gasteiger partial charge in [-0.25, -0.2) is 0 Å². The number of benzene rings is 1. The molecule has 0 saturated heterocycles. The van der Waals surface area contributed by atoms with E-state index in [9.17, 15) is 9.59 Å². The molecule has 0 amide bonds. The van der Waals surface area contributed by atoms with Crippen molar-refractivity contribution in [2.24, 2.45) is 0 Å². The van der Waals surface area contributed by atoms with Crippen molar-refractivity contribution >= 4 is 11.8 Å². The Morgan fingerprint density at radius 3 is 2.47 bits per heavy atom. The number of carbonyl (C=O) groups is 2. The third-order valence-electron chi connectivity index (χ3n) is 2.47. The first-order valence-electron chi connectivity index (χ1n) is 6.44. The highest BCUT2D eigenvalue weighted by molar-refractivity contribution is 5.76.